The Balaban J connectivity index is 0.000000280. The van der Waals surface area contributed by atoms with E-state index < -0.39 is 39.8 Å². The number of methoxy groups -OCH3 is 2. The maximum atomic E-state index is 12.9. The van der Waals surface area contributed by atoms with E-state index in [0.29, 0.717) is 61.5 Å². The van der Waals surface area contributed by atoms with Gasteiger partial charge in [-0.15, -0.1) is 0 Å². The number of carbonyl (C=O) groups is 4. The zero-order chi connectivity index (χ0) is 38.6. The van der Waals surface area contributed by atoms with Gasteiger partial charge in [-0.1, -0.05) is 39.3 Å². The van der Waals surface area contributed by atoms with E-state index in [-0.39, 0.29) is 48.6 Å². The number of Topliss-reactive ketones (excluding diaryl/α,β-unsaturated/α-hetero) is 2. The van der Waals surface area contributed by atoms with Gasteiger partial charge in [-0.3, -0.25) is 19.2 Å². The first-order chi connectivity index (χ1) is 24.5. The molecule has 2 N–H and O–H groups in total. The molecule has 288 valence electrons. The number of carbonyl (C=O) groups excluding carboxylic acids is 4. The first kappa shape index (κ1) is 43.1. The van der Waals surface area contributed by atoms with Crippen molar-refractivity contribution in [3.63, 3.8) is 0 Å². The Hall–Kier alpha value is -3.33. The molecule has 2 fully saturated rings. The van der Waals surface area contributed by atoms with Crippen LogP contribution in [-0.2, 0) is 19.1 Å². The third-order valence-electron chi connectivity index (χ3n) is 10.2. The van der Waals surface area contributed by atoms with Crippen LogP contribution in [0, 0.1) is 35.5 Å². The molecule has 2 aromatic rings. The second-order valence-electron chi connectivity index (χ2n) is 16.4. The molecule has 2 saturated carbocycles. The number of rotatable bonds is 16. The van der Waals surface area contributed by atoms with Crippen LogP contribution in [0.2, 0.25) is 51.4 Å². The first-order valence-electron chi connectivity index (χ1n) is 18.4. The largest absolute Gasteiger partial charge is 0.497 e. The average molecular weight is 757 g/mol. The van der Waals surface area contributed by atoms with Gasteiger partial charge in [0.15, 0.2) is 11.6 Å². The van der Waals surface area contributed by atoms with Gasteiger partial charge >= 0.3 is 11.9 Å². The molecule has 2 aliphatic carbocycles. The Morgan fingerprint density at radius 2 is 0.904 bits per heavy atom. The van der Waals surface area contributed by atoms with E-state index in [1.54, 1.807) is 62.8 Å². The molecule has 0 heterocycles. The maximum absolute atomic E-state index is 12.9. The van der Waals surface area contributed by atoms with Gasteiger partial charge in [0, 0.05) is 52.3 Å². The van der Waals surface area contributed by atoms with Crippen LogP contribution in [0.3, 0.4) is 0 Å². The highest BCUT2D eigenvalue weighted by Gasteiger charge is 2.46. The Kier molecular flexibility index (Phi) is 16.3. The van der Waals surface area contributed by atoms with E-state index in [4.69, 9.17) is 18.9 Å². The number of hydrogen-bond donors (Lipinski definition) is 2. The molecule has 0 bridgehead atoms. The minimum Gasteiger partial charge on any atom is -0.497 e. The van der Waals surface area contributed by atoms with Crippen molar-refractivity contribution in [1.29, 1.82) is 0 Å². The lowest BCUT2D eigenvalue weighted by molar-refractivity contribution is -0.151. The highest BCUT2D eigenvalue weighted by Crippen LogP contribution is 2.41. The SMILES string of the molecule is COc1ccc(C(=O)[C@@H]2CC[C@H](CO)[C@H]2C(=O)OCC[Si](C)(C)C)cc1.COc1ccc(C(=O)[C@H]2CC[C@@H](CO)[C@@H]2C(=O)OCC[Si](C)(C)C)cc1. The Morgan fingerprint density at radius 3 is 1.17 bits per heavy atom. The zero-order valence-electron chi connectivity index (χ0n) is 32.3. The Bertz CT molecular complexity index is 1350. The Morgan fingerprint density at radius 1 is 0.577 bits per heavy atom. The molecule has 0 amide bonds. The summed E-state index contributed by atoms with van der Waals surface area (Å²) in [6.45, 7) is 13.9. The lowest BCUT2D eigenvalue weighted by Gasteiger charge is -2.23. The summed E-state index contributed by atoms with van der Waals surface area (Å²) in [5, 5.41) is 19.3. The minimum atomic E-state index is -1.29. The standard InChI is InChI=1S/2C20H30O5Si/c2*1-24-16-8-5-14(6-9-16)19(22)17-10-7-15(13-21)18(17)20(23)25-11-12-26(2,3)4/h2*5-6,8-9,15,17-18,21H,7,10-13H2,1-4H3/t2*15-,17-,18-/m10/s1. The molecule has 0 spiro atoms. The number of benzene rings is 2. The monoisotopic (exact) mass is 756 g/mol. The van der Waals surface area contributed by atoms with E-state index in [0.717, 1.165) is 12.1 Å². The Labute approximate surface area is 311 Å². The van der Waals surface area contributed by atoms with Crippen molar-refractivity contribution in [2.24, 2.45) is 35.5 Å². The van der Waals surface area contributed by atoms with E-state index in [1.807, 2.05) is 0 Å². The number of hydrogen-bond acceptors (Lipinski definition) is 10. The van der Waals surface area contributed by atoms with Crippen LogP contribution in [0.4, 0.5) is 0 Å². The summed E-state index contributed by atoms with van der Waals surface area (Å²) >= 11 is 0. The normalized spacial score (nSPS) is 22.9. The molecule has 0 aliphatic heterocycles. The maximum Gasteiger partial charge on any atom is 0.310 e. The average Bonchev–Trinajstić information content (AvgIpc) is 3.75. The summed E-state index contributed by atoms with van der Waals surface area (Å²) in [5.74, 6) is -1.83. The van der Waals surface area contributed by atoms with Crippen molar-refractivity contribution in [1.82, 2.24) is 0 Å². The smallest absolute Gasteiger partial charge is 0.310 e. The van der Waals surface area contributed by atoms with Crippen LogP contribution in [-0.4, -0.2) is 90.5 Å². The quantitative estimate of drug-likeness (QED) is 0.107. The second kappa shape index (κ2) is 19.7. The van der Waals surface area contributed by atoms with Gasteiger partial charge in [0.1, 0.15) is 11.5 Å². The summed E-state index contributed by atoms with van der Waals surface area (Å²) in [7, 11) is 0.561. The highest BCUT2D eigenvalue weighted by atomic mass is 28.3. The third kappa shape index (κ3) is 12.4. The minimum absolute atomic E-state index is 0.0595. The van der Waals surface area contributed by atoms with Crippen molar-refractivity contribution >= 4 is 39.7 Å². The van der Waals surface area contributed by atoms with Gasteiger partial charge in [-0.25, -0.2) is 0 Å². The molecular weight excluding hydrogens is 697 g/mol. The summed E-state index contributed by atoms with van der Waals surface area (Å²) in [6, 6.07) is 15.7. The van der Waals surface area contributed by atoms with E-state index in [9.17, 15) is 29.4 Å². The molecule has 12 heteroatoms. The van der Waals surface area contributed by atoms with Crippen LogP contribution in [0.1, 0.15) is 46.4 Å². The van der Waals surface area contributed by atoms with Crippen LogP contribution in [0.15, 0.2) is 48.5 Å². The van der Waals surface area contributed by atoms with Crippen LogP contribution in [0.25, 0.3) is 0 Å². The summed E-state index contributed by atoms with van der Waals surface area (Å²) in [5.41, 5.74) is 1.13. The molecule has 0 radical (unpaired) electrons. The topological polar surface area (TPSA) is 146 Å². The lowest BCUT2D eigenvalue weighted by Crippen LogP contribution is -2.33. The number of aliphatic hydroxyl groups excluding tert-OH is 2. The number of ketones is 2. The van der Waals surface area contributed by atoms with Gasteiger partial charge in [0.2, 0.25) is 0 Å². The van der Waals surface area contributed by atoms with Crippen molar-refractivity contribution in [2.45, 2.75) is 77.1 Å². The fourth-order valence-corrected chi connectivity index (χ4v) is 8.35. The molecule has 4 rings (SSSR count). The molecular formula is C40H60O10Si2. The van der Waals surface area contributed by atoms with Gasteiger partial charge in [0.25, 0.3) is 0 Å². The van der Waals surface area contributed by atoms with Crippen LogP contribution in [0.5, 0.6) is 11.5 Å². The van der Waals surface area contributed by atoms with Gasteiger partial charge < -0.3 is 29.2 Å². The van der Waals surface area contributed by atoms with Gasteiger partial charge in [-0.2, -0.15) is 0 Å². The molecule has 0 aromatic heterocycles. The van der Waals surface area contributed by atoms with Gasteiger partial charge in [0.05, 0.1) is 39.3 Å². The fourth-order valence-electron chi connectivity index (χ4n) is 6.92. The molecule has 52 heavy (non-hydrogen) atoms. The van der Waals surface area contributed by atoms with Crippen LogP contribution < -0.4 is 9.47 Å². The van der Waals surface area contributed by atoms with E-state index in [1.165, 1.54) is 0 Å². The molecule has 10 nitrogen and oxygen atoms in total. The number of esters is 2. The first-order valence-corrected chi connectivity index (χ1v) is 25.9. The van der Waals surface area contributed by atoms with Crippen molar-refractivity contribution in [2.75, 3.05) is 40.6 Å². The molecule has 2 aromatic carbocycles. The van der Waals surface area contributed by atoms with E-state index in [2.05, 4.69) is 39.3 Å². The summed E-state index contributed by atoms with van der Waals surface area (Å²) in [6.07, 6.45) is 2.53. The second-order valence-corrected chi connectivity index (χ2v) is 27.7. The summed E-state index contributed by atoms with van der Waals surface area (Å²) < 4.78 is 21.2. The highest BCUT2D eigenvalue weighted by molar-refractivity contribution is 6.76. The molecule has 2 aliphatic rings. The van der Waals surface area contributed by atoms with E-state index >= 15 is 0 Å². The van der Waals surface area contributed by atoms with Crippen molar-refractivity contribution < 1.29 is 48.3 Å². The van der Waals surface area contributed by atoms with Gasteiger partial charge in [-0.05, 0) is 98.1 Å². The third-order valence-corrected chi connectivity index (χ3v) is 13.6. The zero-order valence-corrected chi connectivity index (χ0v) is 34.3. The molecule has 6 atom stereocenters. The molecule has 0 unspecified atom stereocenters. The lowest BCUT2D eigenvalue weighted by atomic mass is 9.84. The summed E-state index contributed by atoms with van der Waals surface area (Å²) in [4.78, 5) is 51.2. The number of aliphatic hydroxyl groups is 2. The number of ether oxygens (including phenoxy) is 4. The van der Waals surface area contributed by atoms with Crippen molar-refractivity contribution in [3.8, 4) is 11.5 Å². The molecule has 0 saturated heterocycles. The van der Waals surface area contributed by atoms with Crippen molar-refractivity contribution in [3.05, 3.63) is 59.7 Å². The van der Waals surface area contributed by atoms with Crippen LogP contribution >= 0.6 is 0 Å². The fraction of sp³-hybridized carbons (Fsp3) is 0.600. The predicted molar refractivity (Wildman–Crippen MR) is 206 cm³/mol. The predicted octanol–water partition coefficient (Wildman–Crippen LogP) is 6.79.